The topological polar surface area (TPSA) is 58.6 Å². The Kier molecular flexibility index (Phi) is 6.09. The molecule has 0 aliphatic carbocycles. The first-order valence-corrected chi connectivity index (χ1v) is 10.6. The number of carbonyl (C=O) groups excluding carboxylic acids is 1. The van der Waals surface area contributed by atoms with Crippen molar-refractivity contribution >= 4 is 5.91 Å². The first-order chi connectivity index (χ1) is 14.1. The number of benzene rings is 1. The normalized spacial score (nSPS) is 19.7. The Bertz CT molecular complexity index is 870. The molecule has 1 fully saturated rings. The van der Waals surface area contributed by atoms with Gasteiger partial charge < -0.3 is 9.64 Å². The van der Waals surface area contributed by atoms with Crippen LogP contribution in [-0.2, 0) is 17.8 Å². The van der Waals surface area contributed by atoms with Gasteiger partial charge in [-0.1, -0.05) is 18.2 Å². The van der Waals surface area contributed by atoms with E-state index < -0.39 is 0 Å². The highest BCUT2D eigenvalue weighted by Gasteiger charge is 2.26. The van der Waals surface area contributed by atoms with Crippen LogP contribution in [0.15, 0.2) is 30.5 Å². The van der Waals surface area contributed by atoms with E-state index in [4.69, 9.17) is 9.72 Å². The summed E-state index contributed by atoms with van der Waals surface area (Å²) in [6, 6.07) is 8.16. The molecule has 0 saturated carbocycles. The maximum atomic E-state index is 11.6. The van der Waals surface area contributed by atoms with Crippen LogP contribution < -0.4 is 4.74 Å². The van der Waals surface area contributed by atoms with E-state index in [-0.39, 0.29) is 5.91 Å². The molecule has 6 nitrogen and oxygen atoms in total. The number of ether oxygens (including phenoxy) is 1. The molecule has 0 N–H and O–H groups in total. The van der Waals surface area contributed by atoms with Crippen LogP contribution in [0.25, 0.3) is 0 Å². The van der Waals surface area contributed by atoms with E-state index in [2.05, 4.69) is 22.9 Å². The average Bonchev–Trinajstić information content (AvgIpc) is 2.74. The van der Waals surface area contributed by atoms with E-state index in [0.29, 0.717) is 19.1 Å². The molecule has 1 amide bonds. The molecule has 154 valence electrons. The number of rotatable bonds is 5. The number of likely N-dealkylation sites (tertiary alicyclic amines) is 1. The van der Waals surface area contributed by atoms with Crippen LogP contribution in [0.4, 0.5) is 0 Å². The fraction of sp³-hybridized carbons (Fsp3) is 0.522. The Balaban J connectivity index is 1.34. The number of amides is 1. The van der Waals surface area contributed by atoms with Crippen molar-refractivity contribution < 1.29 is 9.53 Å². The van der Waals surface area contributed by atoms with Gasteiger partial charge >= 0.3 is 0 Å². The summed E-state index contributed by atoms with van der Waals surface area (Å²) in [6.07, 6.45) is 5.05. The number of fused-ring (bicyclic) bond motifs is 1. The molecule has 2 aliphatic rings. The van der Waals surface area contributed by atoms with Gasteiger partial charge in [0.05, 0.1) is 5.69 Å². The molecule has 0 spiro atoms. The van der Waals surface area contributed by atoms with Crippen molar-refractivity contribution in [3.63, 3.8) is 0 Å². The third kappa shape index (κ3) is 4.75. The van der Waals surface area contributed by atoms with Crippen LogP contribution in [-0.4, -0.2) is 58.5 Å². The van der Waals surface area contributed by atoms with Crippen LogP contribution in [0.5, 0.6) is 5.75 Å². The summed E-state index contributed by atoms with van der Waals surface area (Å²) in [7, 11) is 0. The fourth-order valence-electron chi connectivity index (χ4n) is 4.27. The molecule has 6 heteroatoms. The quantitative estimate of drug-likeness (QED) is 0.780. The zero-order valence-corrected chi connectivity index (χ0v) is 17.4. The second-order valence-electron chi connectivity index (χ2n) is 8.14. The van der Waals surface area contributed by atoms with Crippen molar-refractivity contribution in [3.05, 3.63) is 53.1 Å². The molecule has 2 aromatic rings. The number of aromatic nitrogens is 2. The Morgan fingerprint density at radius 3 is 2.97 bits per heavy atom. The second kappa shape index (κ2) is 8.91. The van der Waals surface area contributed by atoms with Crippen molar-refractivity contribution in [1.82, 2.24) is 19.8 Å². The third-order valence-electron chi connectivity index (χ3n) is 6.03. The third-order valence-corrected chi connectivity index (χ3v) is 6.03. The highest BCUT2D eigenvalue weighted by molar-refractivity contribution is 5.73. The number of nitrogens with zero attached hydrogens (tertiary/aromatic N) is 4. The van der Waals surface area contributed by atoms with Crippen molar-refractivity contribution in [2.75, 3.05) is 32.8 Å². The summed E-state index contributed by atoms with van der Waals surface area (Å²) in [6.45, 7) is 8.80. The Labute approximate surface area is 172 Å². The van der Waals surface area contributed by atoms with Gasteiger partial charge in [0.1, 0.15) is 18.2 Å². The van der Waals surface area contributed by atoms with Gasteiger partial charge in [-0.3, -0.25) is 9.69 Å². The van der Waals surface area contributed by atoms with Gasteiger partial charge in [0.2, 0.25) is 5.91 Å². The lowest BCUT2D eigenvalue weighted by Gasteiger charge is -2.32. The molecular weight excluding hydrogens is 364 g/mol. The summed E-state index contributed by atoms with van der Waals surface area (Å²) >= 11 is 0. The average molecular weight is 395 g/mol. The first-order valence-electron chi connectivity index (χ1n) is 10.6. The summed E-state index contributed by atoms with van der Waals surface area (Å²) in [5.74, 6) is 2.43. The summed E-state index contributed by atoms with van der Waals surface area (Å²) < 4.78 is 5.98. The van der Waals surface area contributed by atoms with Crippen LogP contribution in [0.2, 0.25) is 0 Å². The molecule has 3 heterocycles. The molecule has 1 aromatic heterocycles. The molecule has 1 atom stereocenters. The number of hydrogen-bond donors (Lipinski definition) is 0. The standard InChI is InChI=1S/C23H30N4O2/c1-17-6-3-4-8-22(17)29-13-12-26-10-5-7-19(15-26)23-24-14-20-16-27(18(2)28)11-9-21(20)25-23/h3-4,6,8,14,19H,5,7,9-13,15-16H2,1-2H3/t19-/m0/s1. The van der Waals surface area contributed by atoms with Crippen LogP contribution in [0.1, 0.15) is 48.3 Å². The second-order valence-corrected chi connectivity index (χ2v) is 8.14. The van der Waals surface area contributed by atoms with Crippen LogP contribution in [0.3, 0.4) is 0 Å². The molecule has 0 bridgehead atoms. The molecule has 4 rings (SSSR count). The van der Waals surface area contributed by atoms with E-state index >= 15 is 0 Å². The predicted octanol–water partition coefficient (Wildman–Crippen LogP) is 2.95. The van der Waals surface area contributed by atoms with Crippen molar-refractivity contribution in [3.8, 4) is 5.75 Å². The lowest BCUT2D eigenvalue weighted by atomic mass is 9.96. The van der Waals surface area contributed by atoms with Gasteiger partial charge in [-0.15, -0.1) is 0 Å². The Hall–Kier alpha value is -2.47. The van der Waals surface area contributed by atoms with E-state index in [1.807, 2.05) is 29.3 Å². The van der Waals surface area contributed by atoms with Gasteiger partial charge in [0.15, 0.2) is 0 Å². The molecular formula is C23H30N4O2. The minimum atomic E-state index is 0.121. The molecule has 0 radical (unpaired) electrons. The minimum absolute atomic E-state index is 0.121. The van der Waals surface area contributed by atoms with Gasteiger partial charge in [-0.2, -0.15) is 0 Å². The maximum Gasteiger partial charge on any atom is 0.219 e. The van der Waals surface area contributed by atoms with E-state index in [1.54, 1.807) is 6.92 Å². The number of aryl methyl sites for hydroxylation is 1. The van der Waals surface area contributed by atoms with Gasteiger partial charge in [-0.05, 0) is 37.9 Å². The van der Waals surface area contributed by atoms with Crippen molar-refractivity contribution in [2.45, 2.75) is 45.6 Å². The zero-order valence-electron chi connectivity index (χ0n) is 17.4. The van der Waals surface area contributed by atoms with Crippen molar-refractivity contribution in [2.24, 2.45) is 0 Å². The van der Waals surface area contributed by atoms with Crippen LogP contribution >= 0.6 is 0 Å². The molecule has 2 aliphatic heterocycles. The highest BCUT2D eigenvalue weighted by Crippen LogP contribution is 2.26. The number of piperidine rings is 1. The van der Waals surface area contributed by atoms with Crippen LogP contribution in [0, 0.1) is 6.92 Å². The summed E-state index contributed by atoms with van der Waals surface area (Å²) in [5, 5.41) is 0. The van der Waals surface area contributed by atoms with Gasteiger partial charge in [0, 0.05) is 57.2 Å². The summed E-state index contributed by atoms with van der Waals surface area (Å²) in [4.78, 5) is 25.5. The summed E-state index contributed by atoms with van der Waals surface area (Å²) in [5.41, 5.74) is 3.39. The predicted molar refractivity (Wildman–Crippen MR) is 112 cm³/mol. The van der Waals surface area contributed by atoms with Gasteiger partial charge in [0.25, 0.3) is 0 Å². The number of carbonyl (C=O) groups is 1. The number of hydrogen-bond acceptors (Lipinski definition) is 5. The maximum absolute atomic E-state index is 11.6. The molecule has 1 aromatic carbocycles. The minimum Gasteiger partial charge on any atom is -0.492 e. The van der Waals surface area contributed by atoms with E-state index in [0.717, 1.165) is 68.3 Å². The first kappa shape index (κ1) is 19.8. The molecule has 1 saturated heterocycles. The Morgan fingerprint density at radius 1 is 1.28 bits per heavy atom. The zero-order chi connectivity index (χ0) is 20.2. The SMILES string of the molecule is CC(=O)N1CCc2nc([C@H]3CCCN(CCOc4ccccc4C)C3)ncc2C1. The molecule has 0 unspecified atom stereocenters. The monoisotopic (exact) mass is 394 g/mol. The van der Waals surface area contributed by atoms with Crippen molar-refractivity contribution in [1.29, 1.82) is 0 Å². The highest BCUT2D eigenvalue weighted by atomic mass is 16.5. The lowest BCUT2D eigenvalue weighted by molar-refractivity contribution is -0.129. The lowest BCUT2D eigenvalue weighted by Crippen LogP contribution is -2.38. The smallest absolute Gasteiger partial charge is 0.219 e. The number of para-hydroxylation sites is 1. The largest absolute Gasteiger partial charge is 0.492 e. The van der Waals surface area contributed by atoms with Gasteiger partial charge in [-0.25, -0.2) is 9.97 Å². The molecule has 29 heavy (non-hydrogen) atoms. The Morgan fingerprint density at radius 2 is 2.14 bits per heavy atom. The van der Waals surface area contributed by atoms with E-state index in [9.17, 15) is 4.79 Å². The van der Waals surface area contributed by atoms with E-state index in [1.165, 1.54) is 5.56 Å². The fourth-order valence-corrected chi connectivity index (χ4v) is 4.27.